The van der Waals surface area contributed by atoms with Gasteiger partial charge < -0.3 is 14.5 Å². The lowest BCUT2D eigenvalue weighted by atomic mass is 9.98. The van der Waals surface area contributed by atoms with E-state index in [0.29, 0.717) is 19.6 Å². The van der Waals surface area contributed by atoms with E-state index < -0.39 is 5.41 Å². The number of halogens is 1. The minimum atomic E-state index is -0.518. The molecule has 4 rings (SSSR count). The van der Waals surface area contributed by atoms with Crippen molar-refractivity contribution in [2.45, 2.75) is 27.3 Å². The Balaban J connectivity index is 1.51. The van der Waals surface area contributed by atoms with Crippen LogP contribution in [0.3, 0.4) is 0 Å². The zero-order valence-corrected chi connectivity index (χ0v) is 20.4. The largest absolute Gasteiger partial charge is 0.497 e. The molecule has 1 saturated heterocycles. The molecule has 0 aliphatic carbocycles. The Morgan fingerprint density at radius 3 is 2.41 bits per heavy atom. The Hall–Kier alpha value is -2.65. The van der Waals surface area contributed by atoms with Gasteiger partial charge in [0.1, 0.15) is 5.75 Å². The van der Waals surface area contributed by atoms with Crippen molar-refractivity contribution in [3.63, 3.8) is 0 Å². The highest BCUT2D eigenvalue weighted by atomic mass is 79.9. The Bertz CT molecular complexity index is 1100. The summed E-state index contributed by atoms with van der Waals surface area (Å²) >= 11 is 3.67. The van der Waals surface area contributed by atoms with E-state index in [9.17, 15) is 4.79 Å². The van der Waals surface area contributed by atoms with E-state index in [4.69, 9.17) is 9.57 Å². The van der Waals surface area contributed by atoms with Gasteiger partial charge in [-0.25, -0.2) is 14.5 Å². The molecule has 0 atom stereocenters. The molecule has 0 amide bonds. The van der Waals surface area contributed by atoms with Crippen LogP contribution in [0, 0.1) is 5.41 Å². The highest BCUT2D eigenvalue weighted by Gasteiger charge is 2.29. The summed E-state index contributed by atoms with van der Waals surface area (Å²) in [6.45, 7) is 8.95. The van der Waals surface area contributed by atoms with Crippen molar-refractivity contribution in [3.8, 4) is 5.75 Å². The summed E-state index contributed by atoms with van der Waals surface area (Å²) in [5.74, 6) is 0.619. The molecule has 0 saturated carbocycles. The predicted octanol–water partition coefficient (Wildman–Crippen LogP) is 3.88. The van der Waals surface area contributed by atoms with Crippen molar-refractivity contribution in [2.24, 2.45) is 5.41 Å². The second-order valence-corrected chi connectivity index (χ2v) is 9.74. The number of benzene rings is 1. The molecule has 0 unspecified atom stereocenters. The first-order valence-electron chi connectivity index (χ1n) is 10.6. The van der Waals surface area contributed by atoms with Gasteiger partial charge in [0.15, 0.2) is 5.65 Å². The number of aromatic nitrogens is 3. The molecule has 0 N–H and O–H groups in total. The molecule has 1 fully saturated rings. The smallest absolute Gasteiger partial charge is 0.330 e. The van der Waals surface area contributed by atoms with E-state index in [0.717, 1.165) is 45.6 Å². The van der Waals surface area contributed by atoms with Crippen LogP contribution >= 0.6 is 15.9 Å². The first kappa shape index (κ1) is 22.5. The SMILES string of the molecule is COc1ccc(Cn2ncc3c(N4CCN(OC(=O)C(C)(C)C)CC4)c(Br)cnc32)cc1. The van der Waals surface area contributed by atoms with Crippen molar-refractivity contribution >= 4 is 38.6 Å². The minimum absolute atomic E-state index is 0.210. The average molecular weight is 502 g/mol. The molecular formula is C23H28BrN5O3. The number of nitrogens with zero attached hydrogens (tertiary/aromatic N) is 5. The third-order valence-electron chi connectivity index (χ3n) is 5.46. The third-order valence-corrected chi connectivity index (χ3v) is 6.04. The minimum Gasteiger partial charge on any atom is -0.497 e. The second-order valence-electron chi connectivity index (χ2n) is 8.89. The van der Waals surface area contributed by atoms with E-state index in [1.54, 1.807) is 12.2 Å². The highest BCUT2D eigenvalue weighted by molar-refractivity contribution is 9.10. The molecule has 8 nitrogen and oxygen atoms in total. The number of ether oxygens (including phenoxy) is 1. The van der Waals surface area contributed by atoms with Crippen LogP contribution in [0.5, 0.6) is 5.75 Å². The summed E-state index contributed by atoms with van der Waals surface area (Å²) in [6, 6.07) is 7.96. The molecule has 1 aliphatic heterocycles. The molecule has 9 heteroatoms. The number of hydrogen-bond donors (Lipinski definition) is 0. The van der Waals surface area contributed by atoms with E-state index in [1.165, 1.54) is 0 Å². The quantitative estimate of drug-likeness (QED) is 0.525. The lowest BCUT2D eigenvalue weighted by Crippen LogP contribution is -2.48. The fourth-order valence-electron chi connectivity index (χ4n) is 3.59. The molecule has 170 valence electrons. The number of hydrogen-bond acceptors (Lipinski definition) is 7. The van der Waals surface area contributed by atoms with Gasteiger partial charge in [-0.3, -0.25) is 0 Å². The van der Waals surface area contributed by atoms with Gasteiger partial charge in [0, 0.05) is 19.3 Å². The molecule has 3 heterocycles. The van der Waals surface area contributed by atoms with Gasteiger partial charge >= 0.3 is 5.97 Å². The van der Waals surface area contributed by atoms with Crippen LogP contribution in [0.4, 0.5) is 5.69 Å². The Morgan fingerprint density at radius 2 is 1.78 bits per heavy atom. The van der Waals surface area contributed by atoms with Crippen molar-refractivity contribution in [1.29, 1.82) is 0 Å². The van der Waals surface area contributed by atoms with E-state index >= 15 is 0 Å². The Labute approximate surface area is 196 Å². The van der Waals surface area contributed by atoms with Gasteiger partial charge in [-0.1, -0.05) is 12.1 Å². The topological polar surface area (TPSA) is 72.7 Å². The number of pyridine rings is 1. The number of fused-ring (bicyclic) bond motifs is 1. The van der Waals surface area contributed by atoms with Gasteiger partial charge in [0.05, 0.1) is 53.9 Å². The lowest BCUT2D eigenvalue weighted by Gasteiger charge is -2.36. The van der Waals surface area contributed by atoms with Crippen molar-refractivity contribution in [3.05, 3.63) is 46.7 Å². The summed E-state index contributed by atoms with van der Waals surface area (Å²) in [5, 5.41) is 7.35. The molecule has 3 aromatic rings. The van der Waals surface area contributed by atoms with Crippen LogP contribution < -0.4 is 9.64 Å². The lowest BCUT2D eigenvalue weighted by molar-refractivity contribution is -0.201. The van der Waals surface area contributed by atoms with Gasteiger partial charge in [-0.2, -0.15) is 5.10 Å². The van der Waals surface area contributed by atoms with Crippen LogP contribution in [0.2, 0.25) is 0 Å². The predicted molar refractivity (Wildman–Crippen MR) is 127 cm³/mol. The normalized spacial score (nSPS) is 15.2. The molecule has 32 heavy (non-hydrogen) atoms. The van der Waals surface area contributed by atoms with Gasteiger partial charge in [0.25, 0.3) is 0 Å². The van der Waals surface area contributed by atoms with E-state index in [-0.39, 0.29) is 5.97 Å². The zero-order chi connectivity index (χ0) is 22.9. The van der Waals surface area contributed by atoms with Crippen LogP contribution in [-0.2, 0) is 16.2 Å². The number of anilines is 1. The number of hydroxylamine groups is 2. The maximum Gasteiger partial charge on any atom is 0.330 e. The second kappa shape index (κ2) is 9.07. The van der Waals surface area contributed by atoms with Crippen LogP contribution in [0.25, 0.3) is 11.0 Å². The monoisotopic (exact) mass is 501 g/mol. The molecule has 0 bridgehead atoms. The van der Waals surface area contributed by atoms with Gasteiger partial charge in [-0.15, -0.1) is 5.06 Å². The number of rotatable bonds is 5. The summed E-state index contributed by atoms with van der Waals surface area (Å²) in [7, 11) is 1.66. The van der Waals surface area contributed by atoms with Crippen LogP contribution in [0.15, 0.2) is 41.1 Å². The molecule has 0 radical (unpaired) electrons. The fourth-order valence-corrected chi connectivity index (χ4v) is 4.15. The first-order valence-corrected chi connectivity index (χ1v) is 11.4. The van der Waals surface area contributed by atoms with Crippen molar-refractivity contribution in [2.75, 3.05) is 38.2 Å². The van der Waals surface area contributed by atoms with Crippen LogP contribution in [-0.4, -0.2) is 59.1 Å². The zero-order valence-electron chi connectivity index (χ0n) is 18.8. The summed E-state index contributed by atoms with van der Waals surface area (Å²) in [6.07, 6.45) is 3.70. The highest BCUT2D eigenvalue weighted by Crippen LogP contribution is 2.34. The molecule has 0 spiro atoms. The van der Waals surface area contributed by atoms with Crippen LogP contribution in [0.1, 0.15) is 26.3 Å². The summed E-state index contributed by atoms with van der Waals surface area (Å²) in [4.78, 5) is 24.7. The van der Waals surface area contributed by atoms with E-state index in [1.807, 2.05) is 62.1 Å². The fraction of sp³-hybridized carbons (Fsp3) is 0.435. The number of methoxy groups -OCH3 is 1. The first-order chi connectivity index (χ1) is 15.3. The Kier molecular flexibility index (Phi) is 6.39. The van der Waals surface area contributed by atoms with Gasteiger partial charge in [-0.05, 0) is 54.4 Å². The summed E-state index contributed by atoms with van der Waals surface area (Å²) in [5.41, 5.74) is 2.50. The summed E-state index contributed by atoms with van der Waals surface area (Å²) < 4.78 is 8.08. The van der Waals surface area contributed by atoms with Crippen molar-refractivity contribution < 1.29 is 14.4 Å². The number of carbonyl (C=O) groups excluding carboxylic acids is 1. The molecule has 1 aliphatic rings. The molecule has 1 aromatic carbocycles. The molecule has 2 aromatic heterocycles. The maximum absolute atomic E-state index is 12.2. The average Bonchev–Trinajstić information content (AvgIpc) is 3.17. The molecular weight excluding hydrogens is 474 g/mol. The van der Waals surface area contributed by atoms with Crippen molar-refractivity contribution in [1.82, 2.24) is 19.8 Å². The number of piperazine rings is 1. The standard InChI is InChI=1S/C23H28BrN5O3/c1-23(2,3)22(30)32-28-11-9-27(10-12-28)20-18-13-26-29(21(18)25-14-19(20)24)15-16-5-7-17(31-4)8-6-16/h5-8,13-14H,9-12,15H2,1-4H3. The van der Waals surface area contributed by atoms with E-state index in [2.05, 4.69) is 30.9 Å². The third kappa shape index (κ3) is 4.73. The van der Waals surface area contributed by atoms with Gasteiger partial charge in [0.2, 0.25) is 0 Å². The number of carbonyl (C=O) groups is 1. The maximum atomic E-state index is 12.2. The Morgan fingerprint density at radius 1 is 1.09 bits per heavy atom.